The highest BCUT2D eigenvalue weighted by atomic mass is 16.5. The van der Waals surface area contributed by atoms with E-state index in [2.05, 4.69) is 5.92 Å². The molecule has 0 aromatic heterocycles. The van der Waals surface area contributed by atoms with Crippen molar-refractivity contribution in [2.75, 3.05) is 26.3 Å². The van der Waals surface area contributed by atoms with Crippen molar-refractivity contribution in [1.82, 2.24) is 4.90 Å². The highest BCUT2D eigenvalue weighted by Gasteiger charge is 2.16. The Hall–Kier alpha value is -1.07. The van der Waals surface area contributed by atoms with E-state index in [0.29, 0.717) is 13.2 Å². The third-order valence-electron chi connectivity index (χ3n) is 1.84. The largest absolute Gasteiger partial charge is 0.379 e. The van der Waals surface area contributed by atoms with Crippen LogP contribution in [0, 0.1) is 12.3 Å². The first kappa shape index (κ1) is 9.02. The maximum absolute atomic E-state index is 10.1. The molecule has 1 saturated heterocycles. The zero-order valence-electron chi connectivity index (χ0n) is 6.82. The third-order valence-corrected chi connectivity index (χ3v) is 1.84. The predicted octanol–water partition coefficient (Wildman–Crippen LogP) is -0.292. The Kier molecular flexibility index (Phi) is 3.56. The average Bonchev–Trinajstić information content (AvgIpc) is 2.15. The second-order valence-electron chi connectivity index (χ2n) is 2.54. The number of rotatable bonds is 2. The van der Waals surface area contributed by atoms with Crippen LogP contribution in [0.15, 0.2) is 6.08 Å². The molecule has 0 radical (unpaired) electrons. The molecule has 0 aromatic carbocycles. The molecule has 0 saturated carbocycles. The van der Waals surface area contributed by atoms with Crippen LogP contribution in [0.4, 0.5) is 0 Å². The Bertz CT molecular complexity index is 219. The van der Waals surface area contributed by atoms with Gasteiger partial charge < -0.3 is 4.74 Å². The fraction of sp³-hybridized carbons (Fsp3) is 0.556. The molecule has 0 spiro atoms. The van der Waals surface area contributed by atoms with Crippen molar-refractivity contribution in [3.8, 4) is 12.3 Å². The third kappa shape index (κ3) is 2.21. The Morgan fingerprint density at radius 1 is 1.50 bits per heavy atom. The summed E-state index contributed by atoms with van der Waals surface area (Å²) in [6, 6.07) is -0.216. The maximum atomic E-state index is 10.1. The van der Waals surface area contributed by atoms with Gasteiger partial charge in [-0.3, -0.25) is 4.90 Å². The van der Waals surface area contributed by atoms with Gasteiger partial charge in [-0.05, 0) is 0 Å². The Labute approximate surface area is 72.0 Å². The van der Waals surface area contributed by atoms with Gasteiger partial charge in [0, 0.05) is 19.2 Å². The molecule has 1 aliphatic heterocycles. The van der Waals surface area contributed by atoms with Gasteiger partial charge in [-0.25, -0.2) is 4.79 Å². The first-order chi connectivity index (χ1) is 5.88. The summed E-state index contributed by atoms with van der Waals surface area (Å²) in [5, 5.41) is 0. The molecule has 1 heterocycles. The van der Waals surface area contributed by atoms with E-state index in [1.54, 1.807) is 5.94 Å². The van der Waals surface area contributed by atoms with Crippen LogP contribution in [0.25, 0.3) is 0 Å². The van der Waals surface area contributed by atoms with E-state index in [9.17, 15) is 4.79 Å². The van der Waals surface area contributed by atoms with Crippen LogP contribution in [0.3, 0.4) is 0 Å². The average molecular weight is 165 g/mol. The number of terminal acetylenes is 1. The summed E-state index contributed by atoms with van der Waals surface area (Å²) in [6.45, 7) is 2.94. The summed E-state index contributed by atoms with van der Waals surface area (Å²) in [6.07, 6.45) is 6.61. The lowest BCUT2D eigenvalue weighted by Crippen LogP contribution is -2.42. The van der Waals surface area contributed by atoms with Gasteiger partial charge in [-0.2, -0.15) is 0 Å². The number of hydrogen-bond acceptors (Lipinski definition) is 3. The first-order valence-corrected chi connectivity index (χ1v) is 3.87. The summed E-state index contributed by atoms with van der Waals surface area (Å²) in [5.41, 5.74) is 0. The Morgan fingerprint density at radius 3 is 2.67 bits per heavy atom. The van der Waals surface area contributed by atoms with Crippen molar-refractivity contribution in [1.29, 1.82) is 0 Å². The van der Waals surface area contributed by atoms with Gasteiger partial charge in [0.15, 0.2) is 0 Å². The van der Waals surface area contributed by atoms with Crippen molar-refractivity contribution in [3.63, 3.8) is 0 Å². The zero-order valence-corrected chi connectivity index (χ0v) is 6.82. The maximum Gasteiger partial charge on any atom is 0.122 e. The van der Waals surface area contributed by atoms with Crippen molar-refractivity contribution >= 4 is 5.94 Å². The Morgan fingerprint density at radius 2 is 2.17 bits per heavy atom. The number of carbonyl (C=O) groups excluding carboxylic acids is 1. The summed E-state index contributed by atoms with van der Waals surface area (Å²) in [5.74, 6) is 4.24. The minimum atomic E-state index is -0.216. The van der Waals surface area contributed by atoms with Gasteiger partial charge in [0.25, 0.3) is 0 Å². The van der Waals surface area contributed by atoms with E-state index >= 15 is 0 Å². The Balaban J connectivity index is 2.53. The lowest BCUT2D eigenvalue weighted by atomic mass is 10.2. The molecule has 0 bridgehead atoms. The lowest BCUT2D eigenvalue weighted by molar-refractivity contribution is 0.0345. The van der Waals surface area contributed by atoms with Gasteiger partial charge >= 0.3 is 0 Å². The fourth-order valence-electron chi connectivity index (χ4n) is 1.18. The predicted molar refractivity (Wildman–Crippen MR) is 45.3 cm³/mol. The van der Waals surface area contributed by atoms with Crippen LogP contribution in [-0.2, 0) is 9.53 Å². The molecule has 1 fully saturated rings. The van der Waals surface area contributed by atoms with E-state index in [0.717, 1.165) is 13.1 Å². The topological polar surface area (TPSA) is 29.5 Å². The minimum Gasteiger partial charge on any atom is -0.379 e. The summed E-state index contributed by atoms with van der Waals surface area (Å²) in [4.78, 5) is 12.1. The molecule has 64 valence electrons. The van der Waals surface area contributed by atoms with E-state index in [1.807, 2.05) is 4.90 Å². The molecule has 1 unspecified atom stereocenters. The SMILES string of the molecule is C#CC(C=C=O)N1CCOCC1. The van der Waals surface area contributed by atoms with Gasteiger partial charge in [-0.15, -0.1) is 6.42 Å². The number of ether oxygens (including phenoxy) is 1. The van der Waals surface area contributed by atoms with Gasteiger partial charge in [-0.1, -0.05) is 5.92 Å². The monoisotopic (exact) mass is 165 g/mol. The highest BCUT2D eigenvalue weighted by Crippen LogP contribution is 2.02. The van der Waals surface area contributed by atoms with E-state index in [-0.39, 0.29) is 6.04 Å². The van der Waals surface area contributed by atoms with E-state index in [4.69, 9.17) is 11.2 Å². The van der Waals surface area contributed by atoms with Crippen LogP contribution in [0.5, 0.6) is 0 Å². The molecule has 0 aromatic rings. The number of nitrogens with zero attached hydrogens (tertiary/aromatic N) is 1. The molecule has 3 heteroatoms. The van der Waals surface area contributed by atoms with E-state index in [1.165, 1.54) is 6.08 Å². The van der Waals surface area contributed by atoms with E-state index < -0.39 is 0 Å². The normalized spacial score (nSPS) is 20.6. The molecule has 0 amide bonds. The van der Waals surface area contributed by atoms with Crippen molar-refractivity contribution in [2.24, 2.45) is 0 Å². The minimum absolute atomic E-state index is 0.216. The molecule has 1 aliphatic rings. The van der Waals surface area contributed by atoms with Gasteiger partial charge in [0.2, 0.25) is 0 Å². The first-order valence-electron chi connectivity index (χ1n) is 3.87. The molecule has 0 N–H and O–H groups in total. The van der Waals surface area contributed by atoms with Crippen molar-refractivity contribution < 1.29 is 9.53 Å². The van der Waals surface area contributed by atoms with Crippen LogP contribution in [-0.4, -0.2) is 43.2 Å². The van der Waals surface area contributed by atoms with Crippen LogP contribution < -0.4 is 0 Å². The molecular formula is C9H11NO2. The fourth-order valence-corrected chi connectivity index (χ4v) is 1.18. The second-order valence-corrected chi connectivity index (χ2v) is 2.54. The summed E-state index contributed by atoms with van der Waals surface area (Å²) < 4.78 is 5.15. The summed E-state index contributed by atoms with van der Waals surface area (Å²) in [7, 11) is 0. The molecule has 0 aliphatic carbocycles. The molecule has 1 atom stereocenters. The quantitative estimate of drug-likeness (QED) is 0.416. The highest BCUT2D eigenvalue weighted by molar-refractivity contribution is 5.48. The lowest BCUT2D eigenvalue weighted by Gasteiger charge is -2.28. The van der Waals surface area contributed by atoms with Gasteiger partial charge in [0.1, 0.15) is 12.0 Å². The molecule has 1 rings (SSSR count). The second kappa shape index (κ2) is 4.74. The standard InChI is InChI=1S/C9H11NO2/c1-2-9(3-6-11)10-4-7-12-8-5-10/h1,3,9H,4-5,7-8H2. The van der Waals surface area contributed by atoms with Crippen molar-refractivity contribution in [3.05, 3.63) is 6.08 Å². The smallest absolute Gasteiger partial charge is 0.122 e. The molecule has 3 nitrogen and oxygen atoms in total. The number of hydrogen-bond donors (Lipinski definition) is 0. The van der Waals surface area contributed by atoms with Crippen molar-refractivity contribution in [2.45, 2.75) is 6.04 Å². The van der Waals surface area contributed by atoms with Crippen LogP contribution in [0.1, 0.15) is 0 Å². The number of morpholine rings is 1. The van der Waals surface area contributed by atoms with Crippen LogP contribution in [0.2, 0.25) is 0 Å². The summed E-state index contributed by atoms with van der Waals surface area (Å²) >= 11 is 0. The molecule has 12 heavy (non-hydrogen) atoms. The zero-order chi connectivity index (χ0) is 8.81. The van der Waals surface area contributed by atoms with Gasteiger partial charge in [0.05, 0.1) is 13.2 Å². The van der Waals surface area contributed by atoms with Crippen LogP contribution >= 0.6 is 0 Å². The molecular weight excluding hydrogens is 154 g/mol.